The number of hydrogen-bond acceptors (Lipinski definition) is 5. The lowest BCUT2D eigenvalue weighted by atomic mass is 10.3. The largest absolute Gasteiger partial charge is 0.464 e. The molecule has 1 fully saturated rings. The molecule has 1 saturated heterocycles. The van der Waals surface area contributed by atoms with Crippen molar-refractivity contribution >= 4 is 17.1 Å². The van der Waals surface area contributed by atoms with E-state index in [9.17, 15) is 0 Å². The van der Waals surface area contributed by atoms with E-state index >= 15 is 0 Å². The monoisotopic (exact) mass is 297 g/mol. The predicted octanol–water partition coefficient (Wildman–Crippen LogP) is 2.15. The van der Waals surface area contributed by atoms with Gasteiger partial charge in [-0.2, -0.15) is 0 Å². The molecule has 1 aliphatic heterocycles. The first-order valence-corrected chi connectivity index (χ1v) is 7.63. The van der Waals surface area contributed by atoms with Gasteiger partial charge in [-0.15, -0.1) is 0 Å². The van der Waals surface area contributed by atoms with Crippen LogP contribution in [-0.2, 0) is 6.54 Å². The Morgan fingerprint density at radius 1 is 1.41 bits per heavy atom. The molecule has 1 unspecified atom stereocenters. The maximum Gasteiger partial charge on any atom is 0.205 e. The van der Waals surface area contributed by atoms with Gasteiger partial charge < -0.3 is 15.1 Å². The SMILES string of the molecule is Cc1ccc(Cn2c(NC3CCNC3)nc3cccnc32)o1. The summed E-state index contributed by atoms with van der Waals surface area (Å²) >= 11 is 0. The summed E-state index contributed by atoms with van der Waals surface area (Å²) in [6.07, 6.45) is 2.91. The molecular formula is C16H19N5O. The van der Waals surface area contributed by atoms with Gasteiger partial charge in [0.25, 0.3) is 0 Å². The Balaban J connectivity index is 1.72. The highest BCUT2D eigenvalue weighted by molar-refractivity contribution is 5.74. The van der Waals surface area contributed by atoms with Crippen molar-refractivity contribution in [2.75, 3.05) is 18.4 Å². The zero-order chi connectivity index (χ0) is 14.9. The smallest absolute Gasteiger partial charge is 0.205 e. The third kappa shape index (κ3) is 2.46. The van der Waals surface area contributed by atoms with Crippen LogP contribution in [0.4, 0.5) is 5.95 Å². The zero-order valence-electron chi connectivity index (χ0n) is 12.5. The minimum Gasteiger partial charge on any atom is -0.464 e. The number of pyridine rings is 1. The minimum atomic E-state index is 0.411. The zero-order valence-corrected chi connectivity index (χ0v) is 12.5. The summed E-state index contributed by atoms with van der Waals surface area (Å²) in [5.41, 5.74) is 1.78. The molecule has 1 atom stereocenters. The first-order valence-electron chi connectivity index (χ1n) is 7.63. The van der Waals surface area contributed by atoms with E-state index in [0.717, 1.165) is 48.1 Å². The van der Waals surface area contributed by atoms with Crippen LogP contribution in [0.2, 0.25) is 0 Å². The average Bonchev–Trinajstić information content (AvgIpc) is 3.23. The van der Waals surface area contributed by atoms with Gasteiger partial charge in [0.05, 0.1) is 6.54 Å². The predicted molar refractivity (Wildman–Crippen MR) is 85.0 cm³/mol. The molecule has 114 valence electrons. The summed E-state index contributed by atoms with van der Waals surface area (Å²) in [6.45, 7) is 4.60. The topological polar surface area (TPSA) is 67.9 Å². The van der Waals surface area contributed by atoms with Gasteiger partial charge in [0.15, 0.2) is 5.65 Å². The van der Waals surface area contributed by atoms with Crippen molar-refractivity contribution in [1.29, 1.82) is 0 Å². The lowest BCUT2D eigenvalue weighted by Gasteiger charge is -2.13. The fraction of sp³-hybridized carbons (Fsp3) is 0.375. The Bertz CT molecular complexity index is 785. The molecule has 0 aliphatic carbocycles. The van der Waals surface area contributed by atoms with Gasteiger partial charge >= 0.3 is 0 Å². The van der Waals surface area contributed by atoms with Crippen molar-refractivity contribution < 1.29 is 4.42 Å². The molecule has 22 heavy (non-hydrogen) atoms. The first-order chi connectivity index (χ1) is 10.8. The summed E-state index contributed by atoms with van der Waals surface area (Å²) < 4.78 is 7.80. The van der Waals surface area contributed by atoms with Crippen molar-refractivity contribution in [3.05, 3.63) is 42.0 Å². The molecule has 0 spiro atoms. The highest BCUT2D eigenvalue weighted by Gasteiger charge is 2.19. The molecule has 4 rings (SSSR count). The minimum absolute atomic E-state index is 0.411. The van der Waals surface area contributed by atoms with Crippen LogP contribution in [0.5, 0.6) is 0 Å². The van der Waals surface area contributed by atoms with Crippen molar-refractivity contribution in [1.82, 2.24) is 19.9 Å². The van der Waals surface area contributed by atoms with Gasteiger partial charge in [-0.05, 0) is 44.2 Å². The average molecular weight is 297 g/mol. The number of fused-ring (bicyclic) bond motifs is 1. The number of imidazole rings is 1. The van der Waals surface area contributed by atoms with Crippen molar-refractivity contribution in [3.8, 4) is 0 Å². The van der Waals surface area contributed by atoms with Gasteiger partial charge in [-0.1, -0.05) is 0 Å². The van der Waals surface area contributed by atoms with Crippen LogP contribution < -0.4 is 10.6 Å². The van der Waals surface area contributed by atoms with E-state index in [1.807, 2.05) is 31.2 Å². The summed E-state index contributed by atoms with van der Waals surface area (Å²) in [4.78, 5) is 9.18. The van der Waals surface area contributed by atoms with Crippen LogP contribution in [-0.4, -0.2) is 33.7 Å². The number of nitrogens with zero attached hydrogens (tertiary/aromatic N) is 3. The summed E-state index contributed by atoms with van der Waals surface area (Å²) in [5.74, 6) is 2.69. The fourth-order valence-electron chi connectivity index (χ4n) is 2.90. The second kappa shape index (κ2) is 5.46. The molecule has 6 nitrogen and oxygen atoms in total. The number of aromatic nitrogens is 3. The van der Waals surface area contributed by atoms with Crippen LogP contribution in [0.25, 0.3) is 11.2 Å². The standard InChI is InChI=1S/C16H19N5O/c1-11-4-5-13(22-11)10-21-15-14(3-2-7-18-15)20-16(21)19-12-6-8-17-9-12/h2-5,7,12,17H,6,8-10H2,1H3,(H,19,20). The molecule has 0 radical (unpaired) electrons. The van der Waals surface area contributed by atoms with Crippen LogP contribution in [0.1, 0.15) is 17.9 Å². The van der Waals surface area contributed by atoms with E-state index in [2.05, 4.69) is 20.2 Å². The normalized spacial score (nSPS) is 18.1. The van der Waals surface area contributed by atoms with Crippen molar-refractivity contribution in [3.63, 3.8) is 0 Å². The Kier molecular flexibility index (Phi) is 3.31. The van der Waals surface area contributed by atoms with Crippen LogP contribution in [0.15, 0.2) is 34.9 Å². The molecule has 1 aliphatic rings. The van der Waals surface area contributed by atoms with Gasteiger partial charge in [-0.25, -0.2) is 9.97 Å². The molecule has 0 amide bonds. The van der Waals surface area contributed by atoms with Gasteiger partial charge in [0.1, 0.15) is 17.0 Å². The quantitative estimate of drug-likeness (QED) is 0.772. The van der Waals surface area contributed by atoms with Gasteiger partial charge in [-0.3, -0.25) is 4.57 Å². The molecule has 0 bridgehead atoms. The summed E-state index contributed by atoms with van der Waals surface area (Å²) in [5, 5.41) is 6.90. The van der Waals surface area contributed by atoms with Crippen LogP contribution in [0.3, 0.4) is 0 Å². The third-order valence-corrected chi connectivity index (χ3v) is 4.01. The second-order valence-corrected chi connectivity index (χ2v) is 5.71. The Morgan fingerprint density at radius 3 is 3.14 bits per heavy atom. The maximum absolute atomic E-state index is 5.71. The molecule has 4 heterocycles. The fourth-order valence-corrected chi connectivity index (χ4v) is 2.90. The van der Waals surface area contributed by atoms with Gasteiger partial charge in [0.2, 0.25) is 5.95 Å². The number of nitrogens with one attached hydrogen (secondary N) is 2. The maximum atomic E-state index is 5.71. The molecule has 0 aromatic carbocycles. The lowest BCUT2D eigenvalue weighted by Crippen LogP contribution is -2.24. The highest BCUT2D eigenvalue weighted by Crippen LogP contribution is 2.21. The Labute approximate surface area is 128 Å². The van der Waals surface area contributed by atoms with Crippen LogP contribution >= 0.6 is 0 Å². The van der Waals surface area contributed by atoms with Crippen molar-refractivity contribution in [2.45, 2.75) is 25.9 Å². The van der Waals surface area contributed by atoms with E-state index in [-0.39, 0.29) is 0 Å². The van der Waals surface area contributed by atoms with E-state index in [4.69, 9.17) is 9.40 Å². The molecule has 0 saturated carbocycles. The first kappa shape index (κ1) is 13.3. The van der Waals surface area contributed by atoms with Crippen molar-refractivity contribution in [2.24, 2.45) is 0 Å². The molecule has 2 N–H and O–H groups in total. The van der Waals surface area contributed by atoms with E-state index in [1.54, 1.807) is 6.20 Å². The number of aryl methyl sites for hydroxylation is 1. The third-order valence-electron chi connectivity index (χ3n) is 4.01. The number of hydrogen-bond donors (Lipinski definition) is 2. The lowest BCUT2D eigenvalue weighted by molar-refractivity contribution is 0.472. The summed E-state index contributed by atoms with van der Waals surface area (Å²) in [7, 11) is 0. The van der Waals surface area contributed by atoms with Gasteiger partial charge in [0, 0.05) is 18.8 Å². The number of rotatable bonds is 4. The molecule has 3 aromatic heterocycles. The highest BCUT2D eigenvalue weighted by atomic mass is 16.3. The van der Waals surface area contributed by atoms with E-state index in [0.29, 0.717) is 12.6 Å². The van der Waals surface area contributed by atoms with Crippen LogP contribution in [0, 0.1) is 6.92 Å². The number of furan rings is 1. The van der Waals surface area contributed by atoms with E-state index < -0.39 is 0 Å². The Hall–Kier alpha value is -2.34. The molecular weight excluding hydrogens is 278 g/mol. The van der Waals surface area contributed by atoms with E-state index in [1.165, 1.54) is 0 Å². The molecule has 6 heteroatoms. The summed E-state index contributed by atoms with van der Waals surface area (Å²) in [6, 6.07) is 8.30. The Morgan fingerprint density at radius 2 is 2.36 bits per heavy atom. The molecule has 3 aromatic rings. The number of anilines is 1. The second-order valence-electron chi connectivity index (χ2n) is 5.71.